The van der Waals surface area contributed by atoms with E-state index in [0.29, 0.717) is 6.04 Å². The van der Waals surface area contributed by atoms with Crippen LogP contribution in [0.5, 0.6) is 0 Å². The van der Waals surface area contributed by atoms with Crippen molar-refractivity contribution in [1.82, 2.24) is 14.8 Å². The standard InChI is InChI=1S/C23H28N4OS/c1-15-13-17(7-6-12-28)9-10-18(15)22-20-21(19-8-4-5-11-24-19)26-27(3)23(20)25-16(2)14-29-22/h4-5,8-11,13,16,22,25,28H,6-7,12,14H2,1-3H3/t16-,22-/m1/s1. The Labute approximate surface area is 176 Å². The zero-order valence-electron chi connectivity index (χ0n) is 17.2. The number of pyridine rings is 1. The Morgan fingerprint density at radius 3 is 2.86 bits per heavy atom. The first-order valence-corrected chi connectivity index (χ1v) is 11.2. The summed E-state index contributed by atoms with van der Waals surface area (Å²) in [5.74, 6) is 2.10. The van der Waals surface area contributed by atoms with Gasteiger partial charge in [-0.15, -0.1) is 11.8 Å². The van der Waals surface area contributed by atoms with E-state index >= 15 is 0 Å². The second-order valence-corrected chi connectivity index (χ2v) is 8.86. The first-order valence-electron chi connectivity index (χ1n) is 10.1. The van der Waals surface area contributed by atoms with E-state index in [2.05, 4.69) is 42.3 Å². The topological polar surface area (TPSA) is 63.0 Å². The molecule has 0 fully saturated rings. The Morgan fingerprint density at radius 1 is 1.28 bits per heavy atom. The Kier molecular flexibility index (Phi) is 5.92. The summed E-state index contributed by atoms with van der Waals surface area (Å²) < 4.78 is 1.96. The van der Waals surface area contributed by atoms with Crippen LogP contribution in [0.4, 0.5) is 5.82 Å². The fraction of sp³-hybridized carbons (Fsp3) is 0.391. The van der Waals surface area contributed by atoms with Crippen LogP contribution in [0.2, 0.25) is 0 Å². The number of anilines is 1. The highest BCUT2D eigenvalue weighted by Crippen LogP contribution is 2.47. The van der Waals surface area contributed by atoms with Gasteiger partial charge < -0.3 is 10.4 Å². The summed E-state index contributed by atoms with van der Waals surface area (Å²) in [5, 5.41) is 17.8. The molecule has 2 aromatic heterocycles. The van der Waals surface area contributed by atoms with Gasteiger partial charge in [-0.1, -0.05) is 24.3 Å². The Hall–Kier alpha value is -2.31. The minimum atomic E-state index is 0.194. The third-order valence-corrected chi connectivity index (χ3v) is 6.91. The molecule has 5 nitrogen and oxygen atoms in total. The number of fused-ring (bicyclic) bond motifs is 1. The molecule has 1 aliphatic rings. The number of hydrogen-bond acceptors (Lipinski definition) is 5. The van der Waals surface area contributed by atoms with Crippen molar-refractivity contribution >= 4 is 17.6 Å². The molecule has 1 aliphatic heterocycles. The monoisotopic (exact) mass is 408 g/mol. The number of aliphatic hydroxyl groups is 1. The molecule has 0 spiro atoms. The lowest BCUT2D eigenvalue weighted by molar-refractivity contribution is 0.288. The molecule has 152 valence electrons. The van der Waals surface area contributed by atoms with Crippen LogP contribution in [-0.4, -0.2) is 38.3 Å². The van der Waals surface area contributed by atoms with E-state index in [0.717, 1.165) is 35.8 Å². The number of nitrogens with zero attached hydrogens (tertiary/aromatic N) is 3. The molecule has 0 amide bonds. The van der Waals surface area contributed by atoms with Gasteiger partial charge in [-0.3, -0.25) is 9.67 Å². The lowest BCUT2D eigenvalue weighted by Gasteiger charge is -2.19. The van der Waals surface area contributed by atoms with Crippen LogP contribution >= 0.6 is 11.8 Å². The highest BCUT2D eigenvalue weighted by molar-refractivity contribution is 7.99. The van der Waals surface area contributed by atoms with Crippen LogP contribution in [0.15, 0.2) is 42.6 Å². The molecule has 0 bridgehead atoms. The van der Waals surface area contributed by atoms with Crippen molar-refractivity contribution in [1.29, 1.82) is 0 Å². The SMILES string of the molecule is Cc1cc(CCCO)ccc1[C@H]1SC[C@@H](C)Nc2c1c(-c1ccccn1)nn2C. The van der Waals surface area contributed by atoms with E-state index in [1.165, 1.54) is 22.3 Å². The molecule has 1 aromatic carbocycles. The van der Waals surface area contributed by atoms with Crippen molar-refractivity contribution < 1.29 is 5.11 Å². The van der Waals surface area contributed by atoms with Crippen LogP contribution in [-0.2, 0) is 13.5 Å². The van der Waals surface area contributed by atoms with Crippen LogP contribution in [0.25, 0.3) is 11.4 Å². The van der Waals surface area contributed by atoms with E-state index in [9.17, 15) is 0 Å². The summed E-state index contributed by atoms with van der Waals surface area (Å²) in [7, 11) is 2.00. The fourth-order valence-electron chi connectivity index (χ4n) is 3.97. The molecule has 0 aliphatic carbocycles. The van der Waals surface area contributed by atoms with Crippen molar-refractivity contribution in [3.05, 3.63) is 64.8 Å². The number of thioether (sulfide) groups is 1. The van der Waals surface area contributed by atoms with Crippen LogP contribution < -0.4 is 5.32 Å². The number of hydrogen-bond donors (Lipinski definition) is 2. The van der Waals surface area contributed by atoms with Crippen molar-refractivity contribution in [2.24, 2.45) is 7.05 Å². The minimum absolute atomic E-state index is 0.194. The lowest BCUT2D eigenvalue weighted by Crippen LogP contribution is -2.18. The second-order valence-electron chi connectivity index (χ2n) is 7.73. The van der Waals surface area contributed by atoms with Gasteiger partial charge in [0.25, 0.3) is 0 Å². The van der Waals surface area contributed by atoms with E-state index in [1.807, 2.05) is 47.9 Å². The number of nitrogens with one attached hydrogen (secondary N) is 1. The maximum atomic E-state index is 9.14. The van der Waals surface area contributed by atoms with Crippen molar-refractivity contribution in [2.45, 2.75) is 38.0 Å². The third kappa shape index (κ3) is 4.05. The average Bonchev–Trinajstić information content (AvgIpc) is 2.93. The summed E-state index contributed by atoms with van der Waals surface area (Å²) in [6.07, 6.45) is 3.53. The molecule has 0 unspecified atom stereocenters. The van der Waals surface area contributed by atoms with Crippen molar-refractivity contribution in [3.63, 3.8) is 0 Å². The quantitative estimate of drug-likeness (QED) is 0.657. The summed E-state index contributed by atoms with van der Waals surface area (Å²) in [4.78, 5) is 4.58. The highest BCUT2D eigenvalue weighted by Gasteiger charge is 2.31. The van der Waals surface area contributed by atoms with Gasteiger partial charge in [0.2, 0.25) is 0 Å². The summed E-state index contributed by atoms with van der Waals surface area (Å²) in [6.45, 7) is 4.64. The Morgan fingerprint density at radius 2 is 2.14 bits per heavy atom. The number of benzene rings is 1. The molecule has 6 heteroatoms. The highest BCUT2D eigenvalue weighted by atomic mass is 32.2. The third-order valence-electron chi connectivity index (χ3n) is 5.39. The maximum absolute atomic E-state index is 9.14. The van der Waals surface area contributed by atoms with Gasteiger partial charge in [-0.25, -0.2) is 0 Å². The zero-order valence-corrected chi connectivity index (χ0v) is 18.0. The van der Waals surface area contributed by atoms with Crippen LogP contribution in [0, 0.1) is 6.92 Å². The zero-order chi connectivity index (χ0) is 20.4. The normalized spacial score (nSPS) is 18.8. The molecular formula is C23H28N4OS. The van der Waals surface area contributed by atoms with Crippen molar-refractivity contribution in [2.75, 3.05) is 17.7 Å². The molecule has 3 heterocycles. The van der Waals surface area contributed by atoms with E-state index in [4.69, 9.17) is 10.2 Å². The van der Waals surface area contributed by atoms with Crippen LogP contribution in [0.3, 0.4) is 0 Å². The largest absolute Gasteiger partial charge is 0.396 e. The molecule has 4 rings (SSSR count). The molecule has 2 atom stereocenters. The molecule has 2 N–H and O–H groups in total. The molecular weight excluding hydrogens is 380 g/mol. The first-order chi connectivity index (χ1) is 14.1. The maximum Gasteiger partial charge on any atom is 0.129 e. The number of aliphatic hydroxyl groups excluding tert-OH is 1. The summed E-state index contributed by atoms with van der Waals surface area (Å²) in [5.41, 5.74) is 6.96. The van der Waals surface area contributed by atoms with Gasteiger partial charge >= 0.3 is 0 Å². The smallest absolute Gasteiger partial charge is 0.129 e. The van der Waals surface area contributed by atoms with E-state index in [-0.39, 0.29) is 11.9 Å². The van der Waals surface area contributed by atoms with Crippen molar-refractivity contribution in [3.8, 4) is 11.4 Å². The van der Waals surface area contributed by atoms with Gasteiger partial charge in [0.15, 0.2) is 0 Å². The van der Waals surface area contributed by atoms with Crippen LogP contribution in [0.1, 0.15) is 40.8 Å². The second kappa shape index (κ2) is 8.59. The van der Waals surface area contributed by atoms with E-state index in [1.54, 1.807) is 0 Å². The van der Waals surface area contributed by atoms with Gasteiger partial charge in [0.1, 0.15) is 11.5 Å². The van der Waals surface area contributed by atoms with Gasteiger partial charge in [0.05, 0.1) is 10.9 Å². The predicted octanol–water partition coefficient (Wildman–Crippen LogP) is 4.35. The Bertz CT molecular complexity index is 986. The molecule has 0 saturated carbocycles. The lowest BCUT2D eigenvalue weighted by atomic mass is 9.95. The van der Waals surface area contributed by atoms with E-state index < -0.39 is 0 Å². The first kappa shape index (κ1) is 20.0. The number of aryl methyl sites for hydroxylation is 3. The number of aromatic nitrogens is 3. The molecule has 29 heavy (non-hydrogen) atoms. The molecule has 0 saturated heterocycles. The van der Waals surface area contributed by atoms with Gasteiger partial charge in [-0.2, -0.15) is 5.10 Å². The predicted molar refractivity (Wildman–Crippen MR) is 120 cm³/mol. The number of rotatable bonds is 5. The van der Waals surface area contributed by atoms with Gasteiger partial charge in [-0.05, 0) is 55.5 Å². The minimum Gasteiger partial charge on any atom is -0.396 e. The summed E-state index contributed by atoms with van der Waals surface area (Å²) >= 11 is 1.96. The molecule has 0 radical (unpaired) electrons. The Balaban J connectivity index is 1.82. The molecule has 3 aromatic rings. The van der Waals surface area contributed by atoms with Gasteiger partial charge in [0, 0.05) is 37.2 Å². The summed E-state index contributed by atoms with van der Waals surface area (Å²) in [6, 6.07) is 13.1. The fourth-order valence-corrected chi connectivity index (χ4v) is 5.37. The average molecular weight is 409 g/mol.